The number of hydrogen-bond acceptors (Lipinski definition) is 3. The number of rotatable bonds is 2. The van der Waals surface area contributed by atoms with E-state index in [2.05, 4.69) is 53.5 Å². The maximum Gasteiger partial charge on any atom is 0.137 e. The highest BCUT2D eigenvalue weighted by molar-refractivity contribution is 7.13. The molecule has 0 atom stereocenters. The van der Waals surface area contributed by atoms with Crippen molar-refractivity contribution in [1.29, 1.82) is 0 Å². The predicted molar refractivity (Wildman–Crippen MR) is 92.1 cm³/mol. The van der Waals surface area contributed by atoms with Gasteiger partial charge in [-0.25, -0.2) is 9.97 Å². The van der Waals surface area contributed by atoms with Crippen LogP contribution in [0, 0.1) is 13.8 Å². The number of nitrogens with one attached hydrogen (secondary N) is 1. The minimum atomic E-state index is 0.901. The van der Waals surface area contributed by atoms with Gasteiger partial charge < -0.3 is 4.98 Å². The molecule has 108 valence electrons. The van der Waals surface area contributed by atoms with Crippen molar-refractivity contribution < 1.29 is 0 Å². The van der Waals surface area contributed by atoms with Gasteiger partial charge in [0, 0.05) is 34.3 Å². The second-order valence-corrected chi connectivity index (χ2v) is 6.32. The molecule has 0 spiro atoms. The molecule has 0 aliphatic heterocycles. The Balaban J connectivity index is 1.81. The monoisotopic (exact) mass is 305 g/mol. The van der Waals surface area contributed by atoms with Gasteiger partial charge in [0.2, 0.25) is 0 Å². The first kappa shape index (κ1) is 13.2. The van der Waals surface area contributed by atoms with Gasteiger partial charge >= 0.3 is 0 Å². The zero-order valence-corrected chi connectivity index (χ0v) is 13.2. The SMILES string of the molecule is Cc1ccc(-c2nc(-c3c[nH]c4ncccc34)cs2)c(C)c1. The highest BCUT2D eigenvalue weighted by Gasteiger charge is 2.12. The Morgan fingerprint density at radius 2 is 2.00 bits per heavy atom. The van der Waals surface area contributed by atoms with E-state index in [1.807, 2.05) is 12.3 Å². The third-order valence-corrected chi connectivity index (χ3v) is 4.72. The molecule has 3 nitrogen and oxygen atoms in total. The van der Waals surface area contributed by atoms with Gasteiger partial charge in [-0.1, -0.05) is 23.8 Å². The second kappa shape index (κ2) is 5.07. The standard InChI is InChI=1S/C18H15N3S/c1-11-5-6-13(12(2)8-11)18-21-16(10-22-18)15-9-20-17-14(15)4-3-7-19-17/h3-10H,1-2H3,(H,19,20). The molecule has 4 aromatic rings. The lowest BCUT2D eigenvalue weighted by atomic mass is 10.1. The number of aromatic amines is 1. The van der Waals surface area contributed by atoms with E-state index in [0.717, 1.165) is 27.3 Å². The van der Waals surface area contributed by atoms with E-state index in [4.69, 9.17) is 4.98 Å². The lowest BCUT2D eigenvalue weighted by Crippen LogP contribution is -1.84. The topological polar surface area (TPSA) is 41.6 Å². The average molecular weight is 305 g/mol. The molecule has 0 aliphatic rings. The summed E-state index contributed by atoms with van der Waals surface area (Å²) in [6, 6.07) is 10.5. The van der Waals surface area contributed by atoms with E-state index in [9.17, 15) is 0 Å². The van der Waals surface area contributed by atoms with Crippen LogP contribution in [0.4, 0.5) is 0 Å². The van der Waals surface area contributed by atoms with Crippen LogP contribution >= 0.6 is 11.3 Å². The van der Waals surface area contributed by atoms with E-state index in [1.165, 1.54) is 16.7 Å². The molecule has 0 amide bonds. The Kier molecular flexibility index (Phi) is 3.05. The van der Waals surface area contributed by atoms with E-state index in [1.54, 1.807) is 17.5 Å². The Hall–Kier alpha value is -2.46. The van der Waals surface area contributed by atoms with Crippen LogP contribution in [-0.4, -0.2) is 15.0 Å². The van der Waals surface area contributed by atoms with Gasteiger partial charge in [-0.3, -0.25) is 0 Å². The summed E-state index contributed by atoms with van der Waals surface area (Å²) < 4.78 is 0. The summed E-state index contributed by atoms with van der Waals surface area (Å²) in [5, 5.41) is 4.29. The fourth-order valence-corrected chi connectivity index (χ4v) is 3.65. The number of nitrogens with zero attached hydrogens (tertiary/aromatic N) is 2. The molecular formula is C18H15N3S. The van der Waals surface area contributed by atoms with Crippen molar-refractivity contribution in [3.05, 3.63) is 59.2 Å². The van der Waals surface area contributed by atoms with Crippen molar-refractivity contribution in [1.82, 2.24) is 15.0 Å². The molecule has 0 fully saturated rings. The summed E-state index contributed by atoms with van der Waals surface area (Å²) in [4.78, 5) is 12.4. The first-order valence-electron chi connectivity index (χ1n) is 7.18. The number of fused-ring (bicyclic) bond motifs is 1. The molecule has 0 unspecified atom stereocenters. The number of aromatic nitrogens is 3. The Labute approximate surface area is 132 Å². The van der Waals surface area contributed by atoms with Crippen LogP contribution in [0.25, 0.3) is 32.9 Å². The van der Waals surface area contributed by atoms with Crippen LogP contribution in [0.1, 0.15) is 11.1 Å². The molecular weight excluding hydrogens is 290 g/mol. The van der Waals surface area contributed by atoms with Gasteiger partial charge in [-0.15, -0.1) is 11.3 Å². The number of thiazole rings is 1. The van der Waals surface area contributed by atoms with Crippen molar-refractivity contribution in [2.75, 3.05) is 0 Å². The van der Waals surface area contributed by atoms with Crippen molar-refractivity contribution in [2.45, 2.75) is 13.8 Å². The molecule has 3 heterocycles. The first-order chi connectivity index (χ1) is 10.7. The predicted octanol–water partition coefficient (Wildman–Crippen LogP) is 4.97. The largest absolute Gasteiger partial charge is 0.345 e. The molecule has 0 bridgehead atoms. The van der Waals surface area contributed by atoms with E-state index >= 15 is 0 Å². The summed E-state index contributed by atoms with van der Waals surface area (Å²) in [5.41, 5.74) is 6.76. The maximum atomic E-state index is 4.83. The Bertz CT molecular complexity index is 965. The van der Waals surface area contributed by atoms with Gasteiger partial charge in [0.1, 0.15) is 10.7 Å². The van der Waals surface area contributed by atoms with Crippen LogP contribution in [0.3, 0.4) is 0 Å². The van der Waals surface area contributed by atoms with Crippen LogP contribution in [0.15, 0.2) is 48.1 Å². The third kappa shape index (κ3) is 2.12. The van der Waals surface area contributed by atoms with Crippen molar-refractivity contribution in [2.24, 2.45) is 0 Å². The molecule has 22 heavy (non-hydrogen) atoms. The molecule has 0 saturated carbocycles. The number of benzene rings is 1. The van der Waals surface area contributed by atoms with Crippen molar-refractivity contribution in [3.8, 4) is 21.8 Å². The van der Waals surface area contributed by atoms with E-state index < -0.39 is 0 Å². The summed E-state index contributed by atoms with van der Waals surface area (Å²) in [6.45, 7) is 4.25. The van der Waals surface area contributed by atoms with Gasteiger partial charge in [0.15, 0.2) is 0 Å². The van der Waals surface area contributed by atoms with Gasteiger partial charge in [-0.2, -0.15) is 0 Å². The summed E-state index contributed by atoms with van der Waals surface area (Å²) in [5.74, 6) is 0. The minimum Gasteiger partial charge on any atom is -0.345 e. The molecule has 1 N–H and O–H groups in total. The van der Waals surface area contributed by atoms with Crippen LogP contribution in [-0.2, 0) is 0 Å². The number of pyridine rings is 1. The fourth-order valence-electron chi connectivity index (χ4n) is 2.74. The highest BCUT2D eigenvalue weighted by Crippen LogP contribution is 2.33. The van der Waals surface area contributed by atoms with Gasteiger partial charge in [-0.05, 0) is 31.5 Å². The quantitative estimate of drug-likeness (QED) is 0.568. The van der Waals surface area contributed by atoms with Crippen molar-refractivity contribution in [3.63, 3.8) is 0 Å². The smallest absolute Gasteiger partial charge is 0.137 e. The molecule has 0 radical (unpaired) electrons. The Morgan fingerprint density at radius 1 is 1.09 bits per heavy atom. The maximum absolute atomic E-state index is 4.83. The summed E-state index contributed by atoms with van der Waals surface area (Å²) in [7, 11) is 0. The van der Waals surface area contributed by atoms with Gasteiger partial charge in [0.05, 0.1) is 5.69 Å². The van der Waals surface area contributed by atoms with Crippen LogP contribution in [0.5, 0.6) is 0 Å². The lowest BCUT2D eigenvalue weighted by Gasteiger charge is -2.03. The third-order valence-electron chi connectivity index (χ3n) is 3.84. The van der Waals surface area contributed by atoms with E-state index in [-0.39, 0.29) is 0 Å². The molecule has 0 saturated heterocycles. The zero-order chi connectivity index (χ0) is 15.1. The molecule has 4 heteroatoms. The number of aryl methyl sites for hydroxylation is 2. The number of hydrogen-bond donors (Lipinski definition) is 1. The zero-order valence-electron chi connectivity index (χ0n) is 12.4. The fraction of sp³-hybridized carbons (Fsp3) is 0.111. The van der Waals surface area contributed by atoms with Gasteiger partial charge in [0.25, 0.3) is 0 Å². The number of H-pyrrole nitrogens is 1. The van der Waals surface area contributed by atoms with E-state index in [0.29, 0.717) is 0 Å². The Morgan fingerprint density at radius 3 is 2.86 bits per heavy atom. The first-order valence-corrected chi connectivity index (χ1v) is 8.06. The van der Waals surface area contributed by atoms with Crippen LogP contribution in [0.2, 0.25) is 0 Å². The lowest BCUT2D eigenvalue weighted by molar-refractivity contribution is 1.32. The molecule has 1 aromatic carbocycles. The second-order valence-electron chi connectivity index (χ2n) is 5.46. The highest BCUT2D eigenvalue weighted by atomic mass is 32.1. The summed E-state index contributed by atoms with van der Waals surface area (Å²) in [6.07, 6.45) is 3.78. The molecule has 3 aromatic heterocycles. The normalized spacial score (nSPS) is 11.2. The average Bonchev–Trinajstić information content (AvgIpc) is 3.13. The molecule has 4 rings (SSSR count). The summed E-state index contributed by atoms with van der Waals surface area (Å²) >= 11 is 1.68. The minimum absolute atomic E-state index is 0.901. The van der Waals surface area contributed by atoms with Crippen LogP contribution < -0.4 is 0 Å². The molecule has 0 aliphatic carbocycles. The van der Waals surface area contributed by atoms with Crippen molar-refractivity contribution >= 4 is 22.4 Å².